The van der Waals surface area contributed by atoms with Crippen LogP contribution in [-0.4, -0.2) is 41.3 Å². The molecule has 0 radical (unpaired) electrons. The standard InChI is InChI=1S/C13H17N3OS2/c1-8-12(5-10(17)6-16(3)4)19-13(14-8)11-7-18-9(2)15-11/h7H,5-6H2,1-4H3. The minimum atomic E-state index is 0.220. The fraction of sp³-hybridized carbons (Fsp3) is 0.462. The molecule has 0 atom stereocenters. The first-order chi connectivity index (χ1) is 8.95. The van der Waals surface area contributed by atoms with Gasteiger partial charge in [-0.1, -0.05) is 0 Å². The molecule has 0 bridgehead atoms. The highest BCUT2D eigenvalue weighted by atomic mass is 32.1. The van der Waals surface area contributed by atoms with Gasteiger partial charge in [0.2, 0.25) is 0 Å². The lowest BCUT2D eigenvalue weighted by Crippen LogP contribution is -2.22. The third-order valence-electron chi connectivity index (χ3n) is 2.58. The Hall–Kier alpha value is -1.11. The summed E-state index contributed by atoms with van der Waals surface area (Å²) in [7, 11) is 3.81. The minimum Gasteiger partial charge on any atom is -0.302 e. The number of Topliss-reactive ketones (excluding diaryl/α,β-unsaturated/α-hetero) is 1. The van der Waals surface area contributed by atoms with Gasteiger partial charge in [-0.15, -0.1) is 22.7 Å². The fourth-order valence-corrected chi connectivity index (χ4v) is 3.47. The fourth-order valence-electron chi connectivity index (χ4n) is 1.75. The topological polar surface area (TPSA) is 46.1 Å². The van der Waals surface area contributed by atoms with Gasteiger partial charge in [-0.05, 0) is 27.9 Å². The van der Waals surface area contributed by atoms with Crippen molar-refractivity contribution < 1.29 is 4.79 Å². The zero-order chi connectivity index (χ0) is 14.0. The van der Waals surface area contributed by atoms with Crippen molar-refractivity contribution in [2.75, 3.05) is 20.6 Å². The van der Waals surface area contributed by atoms with Gasteiger partial charge in [0, 0.05) is 16.7 Å². The molecule has 0 unspecified atom stereocenters. The smallest absolute Gasteiger partial charge is 0.152 e. The van der Waals surface area contributed by atoms with Crippen molar-refractivity contribution >= 4 is 28.5 Å². The molecule has 102 valence electrons. The molecule has 2 aromatic heterocycles. The van der Waals surface area contributed by atoms with E-state index in [0.717, 1.165) is 26.3 Å². The van der Waals surface area contributed by atoms with E-state index < -0.39 is 0 Å². The van der Waals surface area contributed by atoms with Crippen LogP contribution in [0.3, 0.4) is 0 Å². The van der Waals surface area contributed by atoms with E-state index in [1.54, 1.807) is 22.7 Å². The number of aryl methyl sites for hydroxylation is 2. The maximum absolute atomic E-state index is 11.8. The number of likely N-dealkylation sites (N-methyl/N-ethyl adjacent to an activating group) is 1. The van der Waals surface area contributed by atoms with Crippen LogP contribution in [0.15, 0.2) is 5.38 Å². The zero-order valence-electron chi connectivity index (χ0n) is 11.6. The van der Waals surface area contributed by atoms with Gasteiger partial charge < -0.3 is 4.90 Å². The molecular formula is C13H17N3OS2. The first-order valence-electron chi connectivity index (χ1n) is 6.01. The van der Waals surface area contributed by atoms with Gasteiger partial charge in [0.25, 0.3) is 0 Å². The number of hydrogen-bond donors (Lipinski definition) is 0. The number of ketones is 1. The third-order valence-corrected chi connectivity index (χ3v) is 4.53. The van der Waals surface area contributed by atoms with E-state index >= 15 is 0 Å². The zero-order valence-corrected chi connectivity index (χ0v) is 13.2. The predicted octanol–water partition coefficient (Wildman–Crippen LogP) is 2.56. The van der Waals surface area contributed by atoms with Crippen molar-refractivity contribution in [2.24, 2.45) is 0 Å². The first kappa shape index (κ1) is 14.3. The number of carbonyl (C=O) groups is 1. The maximum atomic E-state index is 11.8. The Labute approximate surface area is 121 Å². The predicted molar refractivity (Wildman–Crippen MR) is 80.0 cm³/mol. The summed E-state index contributed by atoms with van der Waals surface area (Å²) in [5, 5.41) is 3.96. The first-order valence-corrected chi connectivity index (χ1v) is 7.70. The van der Waals surface area contributed by atoms with Crippen LogP contribution in [-0.2, 0) is 11.2 Å². The van der Waals surface area contributed by atoms with Crippen LogP contribution < -0.4 is 0 Å². The molecule has 2 heterocycles. The lowest BCUT2D eigenvalue weighted by Gasteiger charge is -2.07. The highest BCUT2D eigenvalue weighted by Gasteiger charge is 2.14. The Morgan fingerprint density at radius 2 is 2.05 bits per heavy atom. The molecule has 0 fully saturated rings. The number of rotatable bonds is 5. The number of hydrogen-bond acceptors (Lipinski definition) is 6. The molecular weight excluding hydrogens is 278 g/mol. The lowest BCUT2D eigenvalue weighted by atomic mass is 10.2. The maximum Gasteiger partial charge on any atom is 0.152 e. The molecule has 2 rings (SSSR count). The number of aromatic nitrogens is 2. The highest BCUT2D eigenvalue weighted by molar-refractivity contribution is 7.15. The average Bonchev–Trinajstić information content (AvgIpc) is 2.85. The quantitative estimate of drug-likeness (QED) is 0.850. The Balaban J connectivity index is 2.15. The van der Waals surface area contributed by atoms with Crippen LogP contribution >= 0.6 is 22.7 Å². The molecule has 0 amide bonds. The summed E-state index contributed by atoms with van der Waals surface area (Å²) >= 11 is 3.19. The van der Waals surface area contributed by atoms with E-state index in [4.69, 9.17) is 0 Å². The molecule has 0 saturated carbocycles. The van der Waals surface area contributed by atoms with Crippen LogP contribution in [0.1, 0.15) is 15.6 Å². The van der Waals surface area contributed by atoms with Crippen LogP contribution in [0.25, 0.3) is 10.7 Å². The summed E-state index contributed by atoms with van der Waals surface area (Å²) in [6.45, 7) is 4.41. The molecule has 0 N–H and O–H groups in total. The monoisotopic (exact) mass is 295 g/mol. The largest absolute Gasteiger partial charge is 0.302 e. The normalized spacial score (nSPS) is 11.2. The van der Waals surface area contributed by atoms with E-state index in [9.17, 15) is 4.79 Å². The lowest BCUT2D eigenvalue weighted by molar-refractivity contribution is -0.118. The Bertz CT molecular complexity index is 586. The van der Waals surface area contributed by atoms with Crippen molar-refractivity contribution in [1.29, 1.82) is 0 Å². The molecule has 4 nitrogen and oxygen atoms in total. The average molecular weight is 295 g/mol. The SMILES string of the molecule is Cc1nc(-c2nc(C)c(CC(=O)CN(C)C)s2)cs1. The molecule has 0 saturated heterocycles. The van der Waals surface area contributed by atoms with E-state index in [0.29, 0.717) is 13.0 Å². The van der Waals surface area contributed by atoms with Gasteiger partial charge in [-0.3, -0.25) is 4.79 Å². The van der Waals surface area contributed by atoms with Gasteiger partial charge in [0.1, 0.15) is 10.7 Å². The number of thiazole rings is 2. The van der Waals surface area contributed by atoms with Crippen LogP contribution in [0, 0.1) is 13.8 Å². The summed E-state index contributed by atoms with van der Waals surface area (Å²) in [5.41, 5.74) is 1.86. The second-order valence-corrected chi connectivity index (χ2v) is 6.88. The molecule has 19 heavy (non-hydrogen) atoms. The van der Waals surface area contributed by atoms with Crippen molar-refractivity contribution in [3.05, 3.63) is 21.0 Å². The summed E-state index contributed by atoms with van der Waals surface area (Å²) in [6.07, 6.45) is 0.463. The molecule has 0 aromatic carbocycles. The van der Waals surface area contributed by atoms with Crippen LogP contribution in [0.4, 0.5) is 0 Å². The summed E-state index contributed by atoms with van der Waals surface area (Å²) in [4.78, 5) is 23.7. The molecule has 0 aliphatic rings. The van der Waals surface area contributed by atoms with Gasteiger partial charge in [0.05, 0.1) is 17.2 Å². The van der Waals surface area contributed by atoms with Crippen molar-refractivity contribution in [1.82, 2.24) is 14.9 Å². The van der Waals surface area contributed by atoms with Gasteiger partial charge >= 0.3 is 0 Å². The number of carbonyl (C=O) groups excluding carboxylic acids is 1. The molecule has 0 aliphatic carbocycles. The summed E-state index contributed by atoms with van der Waals surface area (Å²) in [5.74, 6) is 0.220. The van der Waals surface area contributed by atoms with Crippen molar-refractivity contribution in [3.8, 4) is 10.7 Å². The van der Waals surface area contributed by atoms with Crippen molar-refractivity contribution in [3.63, 3.8) is 0 Å². The molecule has 6 heteroatoms. The molecule has 0 spiro atoms. The highest BCUT2D eigenvalue weighted by Crippen LogP contribution is 2.29. The van der Waals surface area contributed by atoms with Crippen LogP contribution in [0.5, 0.6) is 0 Å². The van der Waals surface area contributed by atoms with E-state index in [-0.39, 0.29) is 5.78 Å². The summed E-state index contributed by atoms with van der Waals surface area (Å²) in [6, 6.07) is 0. The minimum absolute atomic E-state index is 0.220. The Morgan fingerprint density at radius 1 is 1.32 bits per heavy atom. The second-order valence-electron chi connectivity index (χ2n) is 4.73. The Kier molecular flexibility index (Phi) is 4.44. The third kappa shape index (κ3) is 3.68. The van der Waals surface area contributed by atoms with Crippen molar-refractivity contribution in [2.45, 2.75) is 20.3 Å². The molecule has 0 aliphatic heterocycles. The van der Waals surface area contributed by atoms with Gasteiger partial charge in [-0.25, -0.2) is 9.97 Å². The van der Waals surface area contributed by atoms with Gasteiger partial charge in [-0.2, -0.15) is 0 Å². The Morgan fingerprint density at radius 3 is 2.63 bits per heavy atom. The molecule has 2 aromatic rings. The van der Waals surface area contributed by atoms with E-state index in [1.165, 1.54) is 0 Å². The van der Waals surface area contributed by atoms with E-state index in [1.807, 2.05) is 38.2 Å². The summed E-state index contributed by atoms with van der Waals surface area (Å²) < 4.78 is 0. The second kappa shape index (κ2) is 5.90. The van der Waals surface area contributed by atoms with E-state index in [2.05, 4.69) is 9.97 Å². The number of nitrogens with zero attached hydrogens (tertiary/aromatic N) is 3. The van der Waals surface area contributed by atoms with Crippen LogP contribution in [0.2, 0.25) is 0 Å². The van der Waals surface area contributed by atoms with Gasteiger partial charge in [0.15, 0.2) is 5.78 Å².